The van der Waals surface area contributed by atoms with Gasteiger partial charge < -0.3 is 5.32 Å². The number of sulfone groups is 1. The molecule has 2 aromatic rings. The molecule has 1 saturated heterocycles. The van der Waals surface area contributed by atoms with Crippen molar-refractivity contribution in [1.29, 1.82) is 0 Å². The van der Waals surface area contributed by atoms with Gasteiger partial charge in [0.15, 0.2) is 9.84 Å². The average Bonchev–Trinajstić information content (AvgIpc) is 3.03. The third-order valence-corrected chi connectivity index (χ3v) is 8.15. The van der Waals surface area contributed by atoms with Gasteiger partial charge >= 0.3 is 0 Å². The van der Waals surface area contributed by atoms with Crippen LogP contribution in [0.15, 0.2) is 36.5 Å². The molecule has 10 heteroatoms. The standard InChI is InChI=1S/C16H18N4O4S2/c1-25(21,22)20-8-13-14(9-20)26(23,24)10-11-7-17-16(19-15(11)13)18-12-5-3-2-4-6-12/h2-7,13-14H,8-10H2,1H3,(H,17,18,19)/t13-,14+/m0/s1. The first-order valence-corrected chi connectivity index (χ1v) is 11.6. The van der Waals surface area contributed by atoms with Crippen LogP contribution in [0.4, 0.5) is 11.6 Å². The van der Waals surface area contributed by atoms with Crippen molar-refractivity contribution in [2.45, 2.75) is 16.9 Å². The van der Waals surface area contributed by atoms with Crippen LogP contribution in [0.5, 0.6) is 0 Å². The molecule has 2 aliphatic rings. The summed E-state index contributed by atoms with van der Waals surface area (Å²) in [6.45, 7) is 0.105. The zero-order valence-corrected chi connectivity index (χ0v) is 15.7. The van der Waals surface area contributed by atoms with E-state index >= 15 is 0 Å². The van der Waals surface area contributed by atoms with Gasteiger partial charge in [-0.25, -0.2) is 31.1 Å². The van der Waals surface area contributed by atoms with E-state index in [1.54, 1.807) is 0 Å². The Morgan fingerprint density at radius 2 is 1.92 bits per heavy atom. The number of sulfonamides is 1. The van der Waals surface area contributed by atoms with Crippen LogP contribution in [0.25, 0.3) is 0 Å². The van der Waals surface area contributed by atoms with Crippen molar-refractivity contribution in [3.8, 4) is 0 Å². The number of nitrogens with one attached hydrogen (secondary N) is 1. The lowest BCUT2D eigenvalue weighted by Crippen LogP contribution is -2.35. The quantitative estimate of drug-likeness (QED) is 0.823. The van der Waals surface area contributed by atoms with Crippen molar-refractivity contribution in [3.63, 3.8) is 0 Å². The first kappa shape index (κ1) is 17.4. The summed E-state index contributed by atoms with van der Waals surface area (Å²) in [5.74, 6) is -0.268. The van der Waals surface area contributed by atoms with E-state index in [0.717, 1.165) is 11.9 Å². The minimum atomic E-state index is -3.46. The Morgan fingerprint density at radius 1 is 1.19 bits per heavy atom. The van der Waals surface area contributed by atoms with Crippen LogP contribution in [-0.4, -0.2) is 55.7 Å². The Bertz CT molecular complexity index is 1050. The van der Waals surface area contributed by atoms with Gasteiger partial charge in [0.05, 0.1) is 23.0 Å². The molecule has 1 N–H and O–H groups in total. The Labute approximate surface area is 152 Å². The summed E-state index contributed by atoms with van der Waals surface area (Å²) in [6.07, 6.45) is 2.62. The summed E-state index contributed by atoms with van der Waals surface area (Å²) in [5, 5.41) is 2.33. The Balaban J connectivity index is 1.72. The second kappa shape index (κ2) is 6.00. The molecule has 8 nitrogen and oxygen atoms in total. The SMILES string of the molecule is CS(=O)(=O)N1C[C@@H]2c3nc(Nc4ccccc4)ncc3CS(=O)(=O)[C@@H]2C1. The summed E-state index contributed by atoms with van der Waals surface area (Å²) in [6, 6.07) is 9.40. The molecule has 0 amide bonds. The molecule has 4 rings (SSSR count). The van der Waals surface area contributed by atoms with Gasteiger partial charge in [0.2, 0.25) is 16.0 Å². The highest BCUT2D eigenvalue weighted by atomic mass is 32.2. The van der Waals surface area contributed by atoms with Crippen LogP contribution in [-0.2, 0) is 25.6 Å². The first-order chi connectivity index (χ1) is 12.2. The molecule has 1 aromatic carbocycles. The Morgan fingerprint density at radius 3 is 2.62 bits per heavy atom. The van der Waals surface area contributed by atoms with Crippen molar-refractivity contribution in [3.05, 3.63) is 47.8 Å². The predicted molar refractivity (Wildman–Crippen MR) is 97.3 cm³/mol. The number of rotatable bonds is 3. The minimum Gasteiger partial charge on any atom is -0.324 e. The van der Waals surface area contributed by atoms with E-state index in [1.165, 1.54) is 10.5 Å². The van der Waals surface area contributed by atoms with Crippen LogP contribution in [0.3, 0.4) is 0 Å². The molecule has 2 aliphatic heterocycles. The normalized spacial score (nSPS) is 24.7. The van der Waals surface area contributed by atoms with Gasteiger partial charge in [-0.1, -0.05) is 18.2 Å². The molecule has 1 fully saturated rings. The number of benzene rings is 1. The molecule has 2 atom stereocenters. The summed E-state index contributed by atoms with van der Waals surface area (Å²) >= 11 is 0. The molecular weight excluding hydrogens is 376 g/mol. The molecule has 0 aliphatic carbocycles. The lowest BCUT2D eigenvalue weighted by atomic mass is 10.00. The molecule has 138 valence electrons. The van der Waals surface area contributed by atoms with Crippen LogP contribution in [0.1, 0.15) is 17.2 Å². The topological polar surface area (TPSA) is 109 Å². The average molecular weight is 394 g/mol. The van der Waals surface area contributed by atoms with E-state index in [1.807, 2.05) is 30.3 Å². The van der Waals surface area contributed by atoms with Gasteiger partial charge in [-0.15, -0.1) is 0 Å². The van der Waals surface area contributed by atoms with E-state index in [0.29, 0.717) is 17.2 Å². The highest BCUT2D eigenvalue weighted by Gasteiger charge is 2.49. The maximum Gasteiger partial charge on any atom is 0.227 e. The lowest BCUT2D eigenvalue weighted by Gasteiger charge is -2.26. The van der Waals surface area contributed by atoms with Gasteiger partial charge in [0.1, 0.15) is 0 Å². The monoisotopic (exact) mass is 394 g/mol. The molecule has 0 spiro atoms. The van der Waals surface area contributed by atoms with E-state index in [-0.39, 0.29) is 18.8 Å². The van der Waals surface area contributed by atoms with E-state index < -0.39 is 31.0 Å². The van der Waals surface area contributed by atoms with Crippen LogP contribution >= 0.6 is 0 Å². The number of aromatic nitrogens is 2. The molecule has 1 aromatic heterocycles. The predicted octanol–water partition coefficient (Wildman–Crippen LogP) is 0.876. The third kappa shape index (κ3) is 3.08. The number of hydrogen-bond donors (Lipinski definition) is 1. The molecule has 0 radical (unpaired) electrons. The highest BCUT2D eigenvalue weighted by molar-refractivity contribution is 7.91. The van der Waals surface area contributed by atoms with Crippen LogP contribution in [0.2, 0.25) is 0 Å². The van der Waals surface area contributed by atoms with Crippen molar-refractivity contribution in [2.75, 3.05) is 24.7 Å². The van der Waals surface area contributed by atoms with Gasteiger partial charge in [0, 0.05) is 36.5 Å². The van der Waals surface area contributed by atoms with Crippen molar-refractivity contribution in [1.82, 2.24) is 14.3 Å². The fourth-order valence-electron chi connectivity index (χ4n) is 3.52. The summed E-state index contributed by atoms with van der Waals surface area (Å²) < 4.78 is 50.2. The van der Waals surface area contributed by atoms with E-state index in [2.05, 4.69) is 15.3 Å². The number of fused-ring (bicyclic) bond motifs is 3. The van der Waals surface area contributed by atoms with Crippen molar-refractivity contribution < 1.29 is 16.8 Å². The lowest BCUT2D eigenvalue weighted by molar-refractivity contribution is 0.477. The van der Waals surface area contributed by atoms with Crippen LogP contribution in [0, 0.1) is 0 Å². The molecular formula is C16H18N4O4S2. The molecule has 0 bridgehead atoms. The smallest absolute Gasteiger partial charge is 0.227 e. The summed E-state index contributed by atoms with van der Waals surface area (Å²) in [7, 11) is -6.91. The number of hydrogen-bond acceptors (Lipinski definition) is 7. The minimum absolute atomic E-state index is 0.0171. The maximum absolute atomic E-state index is 12.6. The van der Waals surface area contributed by atoms with Gasteiger partial charge in [-0.2, -0.15) is 0 Å². The second-order valence-corrected chi connectivity index (χ2v) is 10.8. The molecule has 0 saturated carbocycles. The largest absolute Gasteiger partial charge is 0.324 e. The first-order valence-electron chi connectivity index (χ1n) is 8.08. The van der Waals surface area contributed by atoms with Gasteiger partial charge in [-0.3, -0.25) is 0 Å². The maximum atomic E-state index is 12.6. The molecule has 26 heavy (non-hydrogen) atoms. The molecule has 3 heterocycles. The van der Waals surface area contributed by atoms with Crippen molar-refractivity contribution >= 4 is 31.5 Å². The fraction of sp³-hybridized carbons (Fsp3) is 0.375. The fourth-order valence-corrected chi connectivity index (χ4v) is 6.47. The van der Waals surface area contributed by atoms with Crippen molar-refractivity contribution in [2.24, 2.45) is 0 Å². The zero-order chi connectivity index (χ0) is 18.5. The zero-order valence-electron chi connectivity index (χ0n) is 14.0. The van der Waals surface area contributed by atoms with E-state index in [9.17, 15) is 16.8 Å². The number of nitrogens with zero attached hydrogens (tertiary/aromatic N) is 3. The third-order valence-electron chi connectivity index (χ3n) is 4.80. The highest BCUT2D eigenvalue weighted by Crippen LogP contribution is 2.40. The Hall–Kier alpha value is -2.04. The van der Waals surface area contributed by atoms with E-state index in [4.69, 9.17) is 0 Å². The number of anilines is 2. The Kier molecular flexibility index (Phi) is 4.01. The molecule has 0 unspecified atom stereocenters. The number of para-hydroxylation sites is 1. The summed E-state index contributed by atoms with van der Waals surface area (Å²) in [5.41, 5.74) is 1.97. The second-order valence-electron chi connectivity index (χ2n) is 6.63. The van der Waals surface area contributed by atoms with Crippen LogP contribution < -0.4 is 5.32 Å². The van der Waals surface area contributed by atoms with Gasteiger partial charge in [-0.05, 0) is 12.1 Å². The summed E-state index contributed by atoms with van der Waals surface area (Å²) in [4.78, 5) is 8.74. The van der Waals surface area contributed by atoms with Gasteiger partial charge in [0.25, 0.3) is 0 Å².